The van der Waals surface area contributed by atoms with Gasteiger partial charge in [-0.2, -0.15) is 0 Å². The van der Waals surface area contributed by atoms with E-state index in [9.17, 15) is 0 Å². The lowest BCUT2D eigenvalue weighted by molar-refractivity contribution is -0.350. The molecule has 0 aromatic rings. The van der Waals surface area contributed by atoms with Crippen molar-refractivity contribution in [2.24, 2.45) is 0 Å². The van der Waals surface area contributed by atoms with Gasteiger partial charge < -0.3 is 14.2 Å². The molecule has 3 nitrogen and oxygen atoms in total. The Morgan fingerprint density at radius 2 is 2.17 bits per heavy atom. The van der Waals surface area contributed by atoms with Gasteiger partial charge in [0.25, 0.3) is 0 Å². The van der Waals surface area contributed by atoms with Crippen LogP contribution in [0.2, 0.25) is 0 Å². The van der Waals surface area contributed by atoms with Gasteiger partial charge in [-0.15, -0.1) is 11.6 Å². The van der Waals surface area contributed by atoms with Crippen LogP contribution in [0.15, 0.2) is 11.8 Å². The lowest BCUT2D eigenvalue weighted by Gasteiger charge is -2.37. The zero-order valence-electron chi connectivity index (χ0n) is 7.46. The minimum Gasteiger partial charge on any atom is -0.443 e. The maximum atomic E-state index is 5.99. The second-order valence-corrected chi connectivity index (χ2v) is 3.16. The number of rotatable bonds is 2. The zero-order valence-corrected chi connectivity index (χ0v) is 8.22. The van der Waals surface area contributed by atoms with Crippen molar-refractivity contribution in [3.05, 3.63) is 11.8 Å². The van der Waals surface area contributed by atoms with Gasteiger partial charge in [0.15, 0.2) is 0 Å². The number of alkyl halides is 1. The Kier molecular flexibility index (Phi) is 2.99. The SMILES string of the molecule is COC1(OC)OC(C)=CCC1Cl. The van der Waals surface area contributed by atoms with Gasteiger partial charge in [0.2, 0.25) is 0 Å². The molecule has 0 N–H and O–H groups in total. The van der Waals surface area contributed by atoms with Crippen LogP contribution in [0, 0.1) is 0 Å². The van der Waals surface area contributed by atoms with Crippen molar-refractivity contribution < 1.29 is 14.2 Å². The number of allylic oxidation sites excluding steroid dienone is 2. The summed E-state index contributed by atoms with van der Waals surface area (Å²) in [5.41, 5.74) is 0. The molecule has 0 saturated heterocycles. The van der Waals surface area contributed by atoms with Gasteiger partial charge in [-0.3, -0.25) is 0 Å². The van der Waals surface area contributed by atoms with E-state index in [0.29, 0.717) is 6.42 Å². The van der Waals surface area contributed by atoms with Gasteiger partial charge >= 0.3 is 5.97 Å². The maximum Gasteiger partial charge on any atom is 0.343 e. The first-order chi connectivity index (χ1) is 5.64. The quantitative estimate of drug-likeness (QED) is 0.494. The van der Waals surface area contributed by atoms with Crippen molar-refractivity contribution >= 4 is 11.6 Å². The van der Waals surface area contributed by atoms with Crippen LogP contribution in [-0.4, -0.2) is 25.6 Å². The van der Waals surface area contributed by atoms with Crippen molar-refractivity contribution in [2.45, 2.75) is 24.7 Å². The summed E-state index contributed by atoms with van der Waals surface area (Å²) < 4.78 is 15.6. The number of hydrogen-bond donors (Lipinski definition) is 0. The van der Waals surface area contributed by atoms with Crippen molar-refractivity contribution in [3.8, 4) is 0 Å². The van der Waals surface area contributed by atoms with E-state index < -0.39 is 5.97 Å². The molecule has 1 atom stereocenters. The third kappa shape index (κ3) is 1.58. The summed E-state index contributed by atoms with van der Waals surface area (Å²) in [4.78, 5) is 0. The lowest BCUT2D eigenvalue weighted by Crippen LogP contribution is -2.47. The highest BCUT2D eigenvalue weighted by Gasteiger charge is 2.43. The van der Waals surface area contributed by atoms with Gasteiger partial charge in [-0.25, -0.2) is 0 Å². The Bertz CT molecular complexity index is 187. The predicted octanol–water partition coefficient (Wildman–Crippen LogP) is 1.86. The fraction of sp³-hybridized carbons (Fsp3) is 0.750. The molecule has 1 heterocycles. The molecule has 0 amide bonds. The molecule has 1 rings (SSSR count). The number of methoxy groups -OCH3 is 2. The fourth-order valence-corrected chi connectivity index (χ4v) is 1.48. The molecule has 0 spiro atoms. The van der Waals surface area contributed by atoms with Crippen LogP contribution in [0.25, 0.3) is 0 Å². The first-order valence-corrected chi connectivity index (χ1v) is 4.18. The van der Waals surface area contributed by atoms with E-state index in [2.05, 4.69) is 0 Å². The fourth-order valence-electron chi connectivity index (χ4n) is 1.17. The van der Waals surface area contributed by atoms with Crippen LogP contribution in [0.1, 0.15) is 13.3 Å². The van der Waals surface area contributed by atoms with E-state index in [4.69, 9.17) is 25.8 Å². The minimum atomic E-state index is -1.11. The first kappa shape index (κ1) is 9.84. The second-order valence-electron chi connectivity index (χ2n) is 2.63. The molecule has 0 saturated carbocycles. The third-order valence-electron chi connectivity index (χ3n) is 1.87. The van der Waals surface area contributed by atoms with Gasteiger partial charge in [-0.1, -0.05) is 0 Å². The molecule has 1 unspecified atom stereocenters. The van der Waals surface area contributed by atoms with Crippen molar-refractivity contribution in [3.63, 3.8) is 0 Å². The molecule has 0 bridgehead atoms. The van der Waals surface area contributed by atoms with Gasteiger partial charge in [-0.05, 0) is 19.4 Å². The van der Waals surface area contributed by atoms with E-state index >= 15 is 0 Å². The third-order valence-corrected chi connectivity index (χ3v) is 2.31. The Hall–Kier alpha value is -0.250. The zero-order chi connectivity index (χ0) is 9.19. The smallest absolute Gasteiger partial charge is 0.343 e. The Balaban J connectivity index is 2.80. The largest absolute Gasteiger partial charge is 0.443 e. The van der Waals surface area contributed by atoms with Crippen molar-refractivity contribution in [1.82, 2.24) is 0 Å². The Labute approximate surface area is 77.2 Å². The molecule has 0 aliphatic carbocycles. The lowest BCUT2D eigenvalue weighted by atomic mass is 10.2. The highest BCUT2D eigenvalue weighted by atomic mass is 35.5. The second kappa shape index (κ2) is 3.64. The Morgan fingerprint density at radius 3 is 2.58 bits per heavy atom. The molecule has 4 heteroatoms. The standard InChI is InChI=1S/C8H13ClO3/c1-6-4-5-7(9)8(10-2,11-3)12-6/h4,7H,5H2,1-3H3. The van der Waals surface area contributed by atoms with Gasteiger partial charge in [0.05, 0.1) is 5.76 Å². The van der Waals surface area contributed by atoms with Crippen LogP contribution >= 0.6 is 11.6 Å². The average Bonchev–Trinajstić information content (AvgIpc) is 2.09. The monoisotopic (exact) mass is 192 g/mol. The maximum absolute atomic E-state index is 5.99. The van der Waals surface area contributed by atoms with Crippen LogP contribution in [0.3, 0.4) is 0 Å². The van der Waals surface area contributed by atoms with Gasteiger partial charge in [0.1, 0.15) is 5.38 Å². The van der Waals surface area contributed by atoms with E-state index in [1.165, 1.54) is 14.2 Å². The molecule has 0 aromatic carbocycles. The molecule has 1 aliphatic rings. The highest BCUT2D eigenvalue weighted by molar-refractivity contribution is 6.21. The summed E-state index contributed by atoms with van der Waals surface area (Å²) in [6.45, 7) is 1.84. The van der Waals surface area contributed by atoms with Gasteiger partial charge in [0, 0.05) is 14.2 Å². The van der Waals surface area contributed by atoms with E-state index in [0.717, 1.165) is 5.76 Å². The molecule has 70 valence electrons. The van der Waals surface area contributed by atoms with Crippen LogP contribution < -0.4 is 0 Å². The van der Waals surface area contributed by atoms with E-state index in [1.807, 2.05) is 13.0 Å². The summed E-state index contributed by atoms with van der Waals surface area (Å²) in [5, 5.41) is -0.309. The minimum absolute atomic E-state index is 0.309. The summed E-state index contributed by atoms with van der Waals surface area (Å²) in [7, 11) is 3.02. The molecule has 0 aromatic heterocycles. The normalized spacial score (nSPS) is 27.7. The predicted molar refractivity (Wildman–Crippen MR) is 45.8 cm³/mol. The van der Waals surface area contributed by atoms with Crippen LogP contribution in [-0.2, 0) is 14.2 Å². The number of halogens is 1. The molecule has 0 fully saturated rings. The molecular weight excluding hydrogens is 180 g/mol. The van der Waals surface area contributed by atoms with E-state index in [1.54, 1.807) is 0 Å². The van der Waals surface area contributed by atoms with Crippen LogP contribution in [0.4, 0.5) is 0 Å². The molecule has 12 heavy (non-hydrogen) atoms. The summed E-state index contributed by atoms with van der Waals surface area (Å²) in [5.74, 6) is -0.337. The van der Waals surface area contributed by atoms with Crippen LogP contribution in [0.5, 0.6) is 0 Å². The van der Waals surface area contributed by atoms with E-state index in [-0.39, 0.29) is 5.38 Å². The molecular formula is C8H13ClO3. The Morgan fingerprint density at radius 1 is 1.58 bits per heavy atom. The van der Waals surface area contributed by atoms with Crippen molar-refractivity contribution in [2.75, 3.05) is 14.2 Å². The number of hydrogen-bond acceptors (Lipinski definition) is 3. The first-order valence-electron chi connectivity index (χ1n) is 3.75. The molecule has 1 aliphatic heterocycles. The molecule has 0 radical (unpaired) electrons. The summed E-state index contributed by atoms with van der Waals surface area (Å²) in [6.07, 6.45) is 2.60. The highest BCUT2D eigenvalue weighted by Crippen LogP contribution is 2.32. The number of ether oxygens (including phenoxy) is 3. The average molecular weight is 193 g/mol. The van der Waals surface area contributed by atoms with Crippen molar-refractivity contribution in [1.29, 1.82) is 0 Å². The summed E-state index contributed by atoms with van der Waals surface area (Å²) >= 11 is 5.99. The summed E-state index contributed by atoms with van der Waals surface area (Å²) in [6, 6.07) is 0. The topological polar surface area (TPSA) is 27.7 Å².